The van der Waals surface area contributed by atoms with Crippen LogP contribution in [0.15, 0.2) is 73.6 Å². The molecule has 0 atom stereocenters. The number of carbonyl (C=O) groups is 1. The van der Waals surface area contributed by atoms with Crippen LogP contribution in [0.1, 0.15) is 16.8 Å². The van der Waals surface area contributed by atoms with Gasteiger partial charge in [-0.25, -0.2) is 0 Å². The molecular weight excluding hydrogens is 362 g/mol. The topological polar surface area (TPSA) is 81.5 Å². The molecular formula is C23H19N5O. The second-order valence-electron chi connectivity index (χ2n) is 6.80. The first-order valence-electron chi connectivity index (χ1n) is 9.28. The summed E-state index contributed by atoms with van der Waals surface area (Å²) in [6.45, 7) is 2.04. The van der Waals surface area contributed by atoms with Crippen LogP contribution in [0, 0.1) is 6.92 Å². The Morgan fingerprint density at radius 1 is 0.828 bits per heavy atom. The number of hydrogen-bond acceptors (Lipinski definition) is 6. The van der Waals surface area contributed by atoms with Crippen molar-refractivity contribution < 1.29 is 4.79 Å². The van der Waals surface area contributed by atoms with Crippen molar-refractivity contribution in [1.29, 1.82) is 0 Å². The van der Waals surface area contributed by atoms with Gasteiger partial charge in [-0.15, -0.1) is 0 Å². The largest absolute Gasteiger partial charge is 0.299 e. The fourth-order valence-corrected chi connectivity index (χ4v) is 3.23. The molecule has 0 aliphatic carbocycles. The second-order valence-corrected chi connectivity index (χ2v) is 6.80. The van der Waals surface area contributed by atoms with Crippen molar-refractivity contribution in [2.45, 2.75) is 19.8 Å². The third-order valence-electron chi connectivity index (χ3n) is 4.65. The summed E-state index contributed by atoms with van der Waals surface area (Å²) in [6, 6.07) is 11.8. The highest BCUT2D eigenvalue weighted by Gasteiger charge is 2.09. The Hall–Kier alpha value is -3.80. The van der Waals surface area contributed by atoms with Crippen LogP contribution in [0.2, 0.25) is 0 Å². The average molecular weight is 381 g/mol. The molecule has 0 spiro atoms. The first-order valence-corrected chi connectivity index (χ1v) is 9.28. The number of aryl methyl sites for hydroxylation is 1. The van der Waals surface area contributed by atoms with E-state index in [9.17, 15) is 4.79 Å². The van der Waals surface area contributed by atoms with Crippen molar-refractivity contribution in [2.24, 2.45) is 0 Å². The number of aromatic nitrogens is 5. The molecule has 4 aromatic rings. The fraction of sp³-hybridized carbons (Fsp3) is 0.130. The van der Waals surface area contributed by atoms with Crippen molar-refractivity contribution in [3.63, 3.8) is 0 Å². The molecule has 0 fully saturated rings. The number of rotatable bonds is 6. The SMILES string of the molecule is Cc1cc(CC(=O)Cc2ccc(-c3cnccn3)cn2)ccc1-c1ccnnc1. The fourth-order valence-electron chi connectivity index (χ4n) is 3.23. The molecule has 0 N–H and O–H groups in total. The predicted octanol–water partition coefficient (Wildman–Crippen LogP) is 3.66. The molecule has 142 valence electrons. The zero-order chi connectivity index (χ0) is 20.1. The minimum absolute atomic E-state index is 0.127. The maximum Gasteiger partial charge on any atom is 0.143 e. The number of benzene rings is 1. The maximum atomic E-state index is 12.5. The third-order valence-corrected chi connectivity index (χ3v) is 4.65. The molecule has 0 bridgehead atoms. The first-order chi connectivity index (χ1) is 14.2. The van der Waals surface area contributed by atoms with Crippen LogP contribution in [0.3, 0.4) is 0 Å². The standard InChI is InChI=1S/C23H19N5O/c1-16-10-17(2-5-22(16)18-6-7-27-28-14-18)11-21(29)12-20-4-3-19(13-26-20)23-15-24-8-9-25-23/h2-10,13-15H,11-12H2,1H3. The number of pyridine rings is 1. The average Bonchev–Trinajstić information content (AvgIpc) is 2.75. The predicted molar refractivity (Wildman–Crippen MR) is 110 cm³/mol. The maximum absolute atomic E-state index is 12.5. The highest BCUT2D eigenvalue weighted by molar-refractivity contribution is 5.83. The van der Waals surface area contributed by atoms with Gasteiger partial charge in [0.05, 0.1) is 24.3 Å². The van der Waals surface area contributed by atoms with Gasteiger partial charge in [0.25, 0.3) is 0 Å². The lowest BCUT2D eigenvalue weighted by Gasteiger charge is -2.08. The molecule has 1 aromatic carbocycles. The summed E-state index contributed by atoms with van der Waals surface area (Å²) in [5.74, 6) is 0.127. The minimum atomic E-state index is 0.127. The van der Waals surface area contributed by atoms with Crippen LogP contribution in [-0.2, 0) is 17.6 Å². The van der Waals surface area contributed by atoms with Crippen LogP contribution in [0.25, 0.3) is 22.4 Å². The van der Waals surface area contributed by atoms with Crippen LogP contribution >= 0.6 is 0 Å². The quantitative estimate of drug-likeness (QED) is 0.507. The Bertz CT molecular complexity index is 1110. The van der Waals surface area contributed by atoms with E-state index in [1.165, 1.54) is 0 Å². The van der Waals surface area contributed by atoms with Gasteiger partial charge < -0.3 is 0 Å². The molecule has 0 aliphatic rings. The van der Waals surface area contributed by atoms with Crippen molar-refractivity contribution in [1.82, 2.24) is 25.1 Å². The molecule has 0 amide bonds. The van der Waals surface area contributed by atoms with E-state index < -0.39 is 0 Å². The lowest BCUT2D eigenvalue weighted by atomic mass is 9.97. The van der Waals surface area contributed by atoms with E-state index in [-0.39, 0.29) is 5.78 Å². The molecule has 0 unspecified atom stereocenters. The number of nitrogens with zero attached hydrogens (tertiary/aromatic N) is 5. The van der Waals surface area contributed by atoms with E-state index in [0.29, 0.717) is 12.8 Å². The van der Waals surface area contributed by atoms with Gasteiger partial charge in [0.15, 0.2) is 0 Å². The molecule has 3 heterocycles. The molecule has 6 heteroatoms. The molecule has 3 aromatic heterocycles. The van der Waals surface area contributed by atoms with E-state index in [1.54, 1.807) is 37.2 Å². The number of carbonyl (C=O) groups excluding carboxylic acids is 1. The van der Waals surface area contributed by atoms with E-state index in [2.05, 4.69) is 31.2 Å². The molecule has 6 nitrogen and oxygen atoms in total. The number of Topliss-reactive ketones (excluding diaryl/α,β-unsaturated/α-hetero) is 1. The summed E-state index contributed by atoms with van der Waals surface area (Å²) >= 11 is 0. The van der Waals surface area contributed by atoms with E-state index >= 15 is 0 Å². The van der Waals surface area contributed by atoms with Gasteiger partial charge in [-0.2, -0.15) is 10.2 Å². The Morgan fingerprint density at radius 3 is 2.45 bits per heavy atom. The van der Waals surface area contributed by atoms with E-state index in [1.807, 2.05) is 37.3 Å². The number of ketones is 1. The highest BCUT2D eigenvalue weighted by Crippen LogP contribution is 2.23. The van der Waals surface area contributed by atoms with Crippen molar-refractivity contribution in [3.8, 4) is 22.4 Å². The molecule has 0 aliphatic heterocycles. The summed E-state index contributed by atoms with van der Waals surface area (Å²) in [5, 5.41) is 7.74. The lowest BCUT2D eigenvalue weighted by Crippen LogP contribution is -2.08. The summed E-state index contributed by atoms with van der Waals surface area (Å²) in [6.07, 6.45) is 10.8. The Kier molecular flexibility index (Phi) is 5.42. The Morgan fingerprint density at radius 2 is 1.76 bits per heavy atom. The van der Waals surface area contributed by atoms with Gasteiger partial charge in [0.2, 0.25) is 0 Å². The highest BCUT2D eigenvalue weighted by atomic mass is 16.1. The smallest absolute Gasteiger partial charge is 0.143 e. The zero-order valence-corrected chi connectivity index (χ0v) is 16.0. The van der Waals surface area contributed by atoms with Gasteiger partial charge in [-0.3, -0.25) is 19.7 Å². The summed E-state index contributed by atoms with van der Waals surface area (Å²) in [7, 11) is 0. The van der Waals surface area contributed by atoms with Crippen LogP contribution in [-0.4, -0.2) is 30.9 Å². The number of hydrogen-bond donors (Lipinski definition) is 0. The monoisotopic (exact) mass is 381 g/mol. The van der Waals surface area contributed by atoms with Gasteiger partial charge >= 0.3 is 0 Å². The van der Waals surface area contributed by atoms with Crippen molar-refractivity contribution in [2.75, 3.05) is 0 Å². The van der Waals surface area contributed by atoms with Crippen molar-refractivity contribution >= 4 is 5.78 Å². The normalized spacial score (nSPS) is 10.7. The third kappa shape index (κ3) is 4.55. The Balaban J connectivity index is 1.41. The van der Waals surface area contributed by atoms with Gasteiger partial charge in [-0.1, -0.05) is 18.2 Å². The summed E-state index contributed by atoms with van der Waals surface area (Å²) in [5.41, 5.74) is 6.60. The molecule has 0 radical (unpaired) electrons. The van der Waals surface area contributed by atoms with Crippen LogP contribution in [0.4, 0.5) is 0 Å². The minimum Gasteiger partial charge on any atom is -0.299 e. The second kappa shape index (κ2) is 8.48. The molecule has 29 heavy (non-hydrogen) atoms. The van der Waals surface area contributed by atoms with Gasteiger partial charge in [-0.05, 0) is 41.8 Å². The summed E-state index contributed by atoms with van der Waals surface area (Å²) in [4.78, 5) is 25.2. The first kappa shape index (κ1) is 18.6. The van der Waals surface area contributed by atoms with Crippen LogP contribution < -0.4 is 0 Å². The van der Waals surface area contributed by atoms with Crippen molar-refractivity contribution in [3.05, 3.63) is 90.4 Å². The van der Waals surface area contributed by atoms with E-state index in [0.717, 1.165) is 39.2 Å². The van der Waals surface area contributed by atoms with Gasteiger partial charge in [0, 0.05) is 48.3 Å². The molecule has 0 saturated heterocycles. The van der Waals surface area contributed by atoms with E-state index in [4.69, 9.17) is 0 Å². The molecule has 0 saturated carbocycles. The lowest BCUT2D eigenvalue weighted by molar-refractivity contribution is -0.117. The van der Waals surface area contributed by atoms with Crippen LogP contribution in [0.5, 0.6) is 0 Å². The zero-order valence-electron chi connectivity index (χ0n) is 16.0. The van der Waals surface area contributed by atoms with Gasteiger partial charge in [0.1, 0.15) is 5.78 Å². The Labute approximate surface area is 168 Å². The summed E-state index contributed by atoms with van der Waals surface area (Å²) < 4.78 is 0. The molecule has 4 rings (SSSR count).